The molecule has 35 heavy (non-hydrogen) atoms. The molecule has 2 aromatic carbocycles. The van der Waals surface area contributed by atoms with E-state index in [9.17, 15) is 19.7 Å². The van der Waals surface area contributed by atoms with Gasteiger partial charge in [0, 0.05) is 28.5 Å². The van der Waals surface area contributed by atoms with Crippen molar-refractivity contribution in [3.63, 3.8) is 0 Å². The highest BCUT2D eigenvalue weighted by molar-refractivity contribution is 6.24. The monoisotopic (exact) mass is 472 g/mol. The number of Topliss-reactive ketones (excluding diaryl/α,β-unsaturated/α-hetero) is 1. The molecule has 176 valence electrons. The third-order valence-corrected chi connectivity index (χ3v) is 6.36. The molecule has 0 saturated heterocycles. The molecule has 0 radical (unpaired) electrons. The topological polar surface area (TPSA) is 121 Å². The Bertz CT molecular complexity index is 1460. The minimum atomic E-state index is -0.852. The van der Waals surface area contributed by atoms with E-state index in [-0.39, 0.29) is 17.2 Å². The Labute approximate surface area is 199 Å². The highest BCUT2D eigenvalue weighted by Crippen LogP contribution is 2.49. The first-order chi connectivity index (χ1) is 16.8. The molecule has 1 aliphatic heterocycles. The maximum atomic E-state index is 13.5. The number of allylic oxidation sites excluding steroid dienone is 1. The van der Waals surface area contributed by atoms with Crippen LogP contribution in [0, 0.1) is 16.0 Å². The summed E-state index contributed by atoms with van der Waals surface area (Å²) in [5.74, 6) is -1.34. The number of ketones is 1. The molecular formula is C26H20N2O7. The molecule has 0 bridgehead atoms. The average molecular weight is 472 g/mol. The molecule has 0 saturated carbocycles. The highest BCUT2D eigenvalue weighted by atomic mass is 16.6. The molecule has 2 aliphatic rings. The molecule has 9 heteroatoms. The number of benzene rings is 2. The van der Waals surface area contributed by atoms with E-state index in [4.69, 9.17) is 13.9 Å². The van der Waals surface area contributed by atoms with Gasteiger partial charge in [-0.2, -0.15) is 0 Å². The van der Waals surface area contributed by atoms with Gasteiger partial charge in [0.05, 0.1) is 42.4 Å². The Kier molecular flexibility index (Phi) is 5.32. The Balaban J connectivity index is 1.65. The van der Waals surface area contributed by atoms with Gasteiger partial charge in [-0.1, -0.05) is 24.3 Å². The van der Waals surface area contributed by atoms with Gasteiger partial charge in [0.15, 0.2) is 5.78 Å². The summed E-state index contributed by atoms with van der Waals surface area (Å²) in [6.45, 7) is 1.73. The van der Waals surface area contributed by atoms with E-state index < -0.39 is 22.7 Å². The zero-order chi connectivity index (χ0) is 24.9. The Morgan fingerprint density at radius 3 is 2.49 bits per heavy atom. The van der Waals surface area contributed by atoms with Crippen LogP contribution in [0.15, 0.2) is 69.6 Å². The maximum absolute atomic E-state index is 13.5. The second-order valence-electron chi connectivity index (χ2n) is 8.21. The SMILES string of the molecule is COC(=O)C1C(C)=NC2=C(C(=O)c3ccccc32)C1c1ccc(-c2ccc([N+](=O)[O-])cc2OC)o1. The van der Waals surface area contributed by atoms with Gasteiger partial charge in [-0.25, -0.2) is 0 Å². The van der Waals surface area contributed by atoms with E-state index in [1.54, 1.807) is 31.2 Å². The van der Waals surface area contributed by atoms with Crippen LogP contribution >= 0.6 is 0 Å². The number of methoxy groups -OCH3 is 2. The smallest absolute Gasteiger partial charge is 0.315 e. The molecule has 1 aromatic heterocycles. The number of furan rings is 1. The lowest BCUT2D eigenvalue weighted by molar-refractivity contribution is -0.384. The molecular weight excluding hydrogens is 452 g/mol. The van der Waals surface area contributed by atoms with E-state index in [1.807, 2.05) is 12.1 Å². The standard InChI is InChI=1S/C26H20N2O7/c1-13-21(26(30)34-3)22(23-24(27-13)15-6-4-5-7-16(15)25(23)29)19-11-10-18(35-19)17-9-8-14(28(31)32)12-20(17)33-2/h4-12,21-22H,1-3H3. The third kappa shape index (κ3) is 3.43. The summed E-state index contributed by atoms with van der Waals surface area (Å²) in [6.07, 6.45) is 0. The van der Waals surface area contributed by atoms with Crippen LogP contribution in [-0.2, 0) is 9.53 Å². The zero-order valence-corrected chi connectivity index (χ0v) is 19.1. The number of nitro benzene ring substituents is 1. The number of rotatable bonds is 5. The number of non-ortho nitro benzene ring substituents is 1. The van der Waals surface area contributed by atoms with Crippen LogP contribution in [0.5, 0.6) is 5.75 Å². The number of nitrogens with zero attached hydrogens (tertiary/aromatic N) is 2. The summed E-state index contributed by atoms with van der Waals surface area (Å²) in [5, 5.41) is 11.2. The van der Waals surface area contributed by atoms with Crippen LogP contribution in [0.2, 0.25) is 0 Å². The molecule has 3 aromatic rings. The normalized spacial score (nSPS) is 18.6. The lowest BCUT2D eigenvalue weighted by Gasteiger charge is -2.28. The molecule has 9 nitrogen and oxygen atoms in total. The first-order valence-corrected chi connectivity index (χ1v) is 10.8. The van der Waals surface area contributed by atoms with Crippen molar-refractivity contribution in [1.29, 1.82) is 0 Å². The van der Waals surface area contributed by atoms with Gasteiger partial charge in [0.1, 0.15) is 23.2 Å². The molecule has 2 atom stereocenters. The molecule has 2 heterocycles. The molecule has 0 fully saturated rings. The van der Waals surface area contributed by atoms with Crippen molar-refractivity contribution in [3.8, 4) is 17.1 Å². The van der Waals surface area contributed by atoms with Crippen molar-refractivity contribution in [2.45, 2.75) is 12.8 Å². The van der Waals surface area contributed by atoms with Crippen molar-refractivity contribution in [2.24, 2.45) is 10.9 Å². The third-order valence-electron chi connectivity index (χ3n) is 6.36. The van der Waals surface area contributed by atoms with Crippen LogP contribution in [0.4, 0.5) is 5.69 Å². The van der Waals surface area contributed by atoms with Crippen LogP contribution in [-0.4, -0.2) is 36.6 Å². The maximum Gasteiger partial charge on any atom is 0.315 e. The van der Waals surface area contributed by atoms with Gasteiger partial charge in [0.2, 0.25) is 0 Å². The van der Waals surface area contributed by atoms with Crippen molar-refractivity contribution >= 4 is 28.8 Å². The lowest BCUT2D eigenvalue weighted by Crippen LogP contribution is -2.34. The van der Waals surface area contributed by atoms with Crippen LogP contribution in [0.3, 0.4) is 0 Å². The first kappa shape index (κ1) is 22.3. The number of hydrogen-bond acceptors (Lipinski definition) is 8. The van der Waals surface area contributed by atoms with E-state index >= 15 is 0 Å². The molecule has 0 spiro atoms. The van der Waals surface area contributed by atoms with Crippen molar-refractivity contribution < 1.29 is 28.4 Å². The van der Waals surface area contributed by atoms with E-state index in [2.05, 4.69) is 4.99 Å². The second kappa shape index (κ2) is 8.35. The number of fused-ring (bicyclic) bond motifs is 2. The van der Waals surface area contributed by atoms with Gasteiger partial charge in [-0.15, -0.1) is 0 Å². The number of carbonyl (C=O) groups excluding carboxylic acids is 2. The quantitative estimate of drug-likeness (QED) is 0.296. The largest absolute Gasteiger partial charge is 0.496 e. The summed E-state index contributed by atoms with van der Waals surface area (Å²) in [5.41, 5.74) is 3.03. The Morgan fingerprint density at radius 1 is 1.06 bits per heavy atom. The summed E-state index contributed by atoms with van der Waals surface area (Å²) >= 11 is 0. The number of nitro groups is 1. The molecule has 2 unspecified atom stereocenters. The number of ether oxygens (including phenoxy) is 2. The van der Waals surface area contributed by atoms with Crippen LogP contribution in [0.1, 0.15) is 34.5 Å². The fourth-order valence-electron chi connectivity index (χ4n) is 4.75. The average Bonchev–Trinajstić information content (AvgIpc) is 3.46. The summed E-state index contributed by atoms with van der Waals surface area (Å²) in [6, 6.07) is 14.8. The number of hydrogen-bond donors (Lipinski definition) is 0. The number of aliphatic imine (C=N–C) groups is 1. The van der Waals surface area contributed by atoms with E-state index in [0.29, 0.717) is 45.2 Å². The van der Waals surface area contributed by atoms with Gasteiger partial charge in [0.25, 0.3) is 5.69 Å². The van der Waals surface area contributed by atoms with Crippen LogP contribution < -0.4 is 4.74 Å². The Morgan fingerprint density at radius 2 is 1.80 bits per heavy atom. The molecule has 5 rings (SSSR count). The van der Waals surface area contributed by atoms with Gasteiger partial charge in [-0.3, -0.25) is 24.7 Å². The van der Waals surface area contributed by atoms with E-state index in [0.717, 1.165) is 0 Å². The summed E-state index contributed by atoms with van der Waals surface area (Å²) in [4.78, 5) is 41.6. The predicted molar refractivity (Wildman–Crippen MR) is 126 cm³/mol. The number of carbonyl (C=O) groups is 2. The molecule has 1 aliphatic carbocycles. The minimum Gasteiger partial charge on any atom is -0.496 e. The molecule has 0 amide bonds. The fourth-order valence-corrected chi connectivity index (χ4v) is 4.75. The first-order valence-electron chi connectivity index (χ1n) is 10.8. The van der Waals surface area contributed by atoms with Crippen LogP contribution in [0.25, 0.3) is 17.0 Å². The highest BCUT2D eigenvalue weighted by Gasteiger charge is 2.47. The second-order valence-corrected chi connectivity index (χ2v) is 8.21. The fraction of sp³-hybridized carbons (Fsp3) is 0.192. The number of esters is 1. The predicted octanol–water partition coefficient (Wildman–Crippen LogP) is 4.82. The van der Waals surface area contributed by atoms with Gasteiger partial charge < -0.3 is 13.9 Å². The van der Waals surface area contributed by atoms with E-state index in [1.165, 1.54) is 32.4 Å². The summed E-state index contributed by atoms with van der Waals surface area (Å²) < 4.78 is 16.6. The van der Waals surface area contributed by atoms with Crippen molar-refractivity contribution in [3.05, 3.63) is 87.2 Å². The van der Waals surface area contributed by atoms with Gasteiger partial charge in [-0.05, 0) is 25.1 Å². The lowest BCUT2D eigenvalue weighted by atomic mass is 9.78. The minimum absolute atomic E-state index is 0.119. The summed E-state index contributed by atoms with van der Waals surface area (Å²) in [7, 11) is 2.70. The Hall–Kier alpha value is -4.53. The zero-order valence-electron chi connectivity index (χ0n) is 19.1. The van der Waals surface area contributed by atoms with Crippen molar-refractivity contribution in [1.82, 2.24) is 0 Å². The van der Waals surface area contributed by atoms with Crippen molar-refractivity contribution in [2.75, 3.05) is 14.2 Å². The van der Waals surface area contributed by atoms with Gasteiger partial charge >= 0.3 is 5.97 Å². The molecule has 0 N–H and O–H groups in total.